The first-order valence-corrected chi connectivity index (χ1v) is 9.46. The lowest BCUT2D eigenvalue weighted by Crippen LogP contribution is -2.36. The minimum Gasteiger partial charge on any atom is -0.286 e. The van der Waals surface area contributed by atoms with Crippen LogP contribution in [0.2, 0.25) is 0 Å². The van der Waals surface area contributed by atoms with Crippen molar-refractivity contribution in [2.45, 2.75) is 75.4 Å². The summed E-state index contributed by atoms with van der Waals surface area (Å²) in [4.78, 5) is 0. The summed E-state index contributed by atoms with van der Waals surface area (Å²) >= 11 is 0. The Bertz CT molecular complexity index is 587. The smallest absolute Gasteiger partial charge is 0.286 e. The van der Waals surface area contributed by atoms with Gasteiger partial charge in [0, 0.05) is 0 Å². The lowest BCUT2D eigenvalue weighted by atomic mass is 9.77. The first-order chi connectivity index (χ1) is 12.4. The molecule has 0 aromatic heterocycles. The zero-order valence-corrected chi connectivity index (χ0v) is 14.9. The summed E-state index contributed by atoms with van der Waals surface area (Å²) in [5.41, 5.74) is 2.32. The van der Waals surface area contributed by atoms with Crippen molar-refractivity contribution < 1.29 is 22.3 Å². The van der Waals surface area contributed by atoms with E-state index in [1.54, 1.807) is 0 Å². The Morgan fingerprint density at radius 1 is 0.885 bits per heavy atom. The van der Waals surface area contributed by atoms with Crippen LogP contribution in [0.4, 0.5) is 17.6 Å². The van der Waals surface area contributed by atoms with Crippen molar-refractivity contribution in [2.75, 3.05) is 0 Å². The predicted molar refractivity (Wildman–Crippen MR) is 93.8 cm³/mol. The van der Waals surface area contributed by atoms with E-state index >= 15 is 0 Å². The van der Waals surface area contributed by atoms with Crippen LogP contribution < -0.4 is 0 Å². The Labute approximate surface area is 152 Å². The normalized spacial score (nSPS) is 33.0. The van der Waals surface area contributed by atoms with Crippen molar-refractivity contribution in [1.29, 1.82) is 0 Å². The van der Waals surface area contributed by atoms with Crippen LogP contribution in [0.3, 0.4) is 0 Å². The molecule has 0 heterocycles. The molecule has 0 spiro atoms. The minimum atomic E-state index is -4.77. The van der Waals surface area contributed by atoms with Crippen molar-refractivity contribution in [3.8, 4) is 0 Å². The average molecular weight is 370 g/mol. The molecule has 2 saturated carbocycles. The molecule has 2 fully saturated rings. The van der Waals surface area contributed by atoms with E-state index in [2.05, 4.69) is 23.4 Å². The molecular formula is C21H26F4O. The van der Waals surface area contributed by atoms with Gasteiger partial charge in [0.1, 0.15) is 6.17 Å². The van der Waals surface area contributed by atoms with Crippen LogP contribution in [-0.2, 0) is 4.74 Å². The Balaban J connectivity index is 1.57. The standard InChI is InChI=1S/C21H26F4O/c1-2-14-3-5-15(6-4-14)16-7-9-17(10-8-16)18-11-12-20(19(22)13-18)26-21(23,24)25/h2,7-10,14-15,18-20H,1,3-6,11-13H2. The summed E-state index contributed by atoms with van der Waals surface area (Å²) < 4.78 is 55.0. The molecule has 3 atom stereocenters. The Morgan fingerprint density at radius 2 is 1.42 bits per heavy atom. The van der Waals surface area contributed by atoms with E-state index in [0.717, 1.165) is 18.4 Å². The molecule has 2 aliphatic rings. The fourth-order valence-electron chi connectivity index (χ4n) is 4.42. The quantitative estimate of drug-likeness (QED) is 0.425. The van der Waals surface area contributed by atoms with E-state index in [9.17, 15) is 17.6 Å². The first-order valence-electron chi connectivity index (χ1n) is 9.46. The summed E-state index contributed by atoms with van der Waals surface area (Å²) in [6.07, 6.45) is -0.320. The summed E-state index contributed by atoms with van der Waals surface area (Å²) in [6.45, 7) is 3.87. The van der Waals surface area contributed by atoms with E-state index in [-0.39, 0.29) is 18.8 Å². The molecule has 2 aliphatic carbocycles. The summed E-state index contributed by atoms with van der Waals surface area (Å²) in [5.74, 6) is 1.15. The molecule has 3 rings (SSSR count). The van der Waals surface area contributed by atoms with Crippen LogP contribution in [0, 0.1) is 5.92 Å². The van der Waals surface area contributed by atoms with Crippen LogP contribution in [-0.4, -0.2) is 18.6 Å². The highest BCUT2D eigenvalue weighted by molar-refractivity contribution is 5.28. The summed E-state index contributed by atoms with van der Waals surface area (Å²) in [6, 6.07) is 8.27. The molecule has 0 amide bonds. The third kappa shape index (κ3) is 4.87. The SMILES string of the molecule is C=CC1CCC(c2ccc(C3CCC(OC(F)(F)F)C(F)C3)cc2)CC1. The molecule has 0 N–H and O–H groups in total. The van der Waals surface area contributed by atoms with Crippen LogP contribution in [0.25, 0.3) is 0 Å². The Kier molecular flexibility index (Phi) is 6.06. The van der Waals surface area contributed by atoms with Crippen LogP contribution >= 0.6 is 0 Å². The molecule has 0 saturated heterocycles. The minimum absolute atomic E-state index is 0.0383. The monoisotopic (exact) mass is 370 g/mol. The van der Waals surface area contributed by atoms with Gasteiger partial charge < -0.3 is 0 Å². The molecule has 3 unspecified atom stereocenters. The number of halogens is 4. The molecule has 0 radical (unpaired) electrons. The fourth-order valence-corrected chi connectivity index (χ4v) is 4.42. The van der Waals surface area contributed by atoms with Crippen molar-refractivity contribution in [1.82, 2.24) is 0 Å². The third-order valence-electron chi connectivity index (χ3n) is 5.98. The van der Waals surface area contributed by atoms with Gasteiger partial charge in [-0.3, -0.25) is 4.74 Å². The van der Waals surface area contributed by atoms with Gasteiger partial charge in [-0.25, -0.2) is 4.39 Å². The van der Waals surface area contributed by atoms with Crippen molar-refractivity contribution >= 4 is 0 Å². The maximum atomic E-state index is 14.1. The highest BCUT2D eigenvalue weighted by Crippen LogP contribution is 2.40. The van der Waals surface area contributed by atoms with Gasteiger partial charge in [-0.05, 0) is 73.8 Å². The predicted octanol–water partition coefficient (Wildman–Crippen LogP) is 6.66. The zero-order chi connectivity index (χ0) is 18.7. The number of ether oxygens (including phenoxy) is 1. The number of allylic oxidation sites excluding steroid dienone is 1. The van der Waals surface area contributed by atoms with Gasteiger partial charge in [-0.1, -0.05) is 30.3 Å². The number of benzene rings is 1. The molecule has 144 valence electrons. The van der Waals surface area contributed by atoms with Crippen LogP contribution in [0.5, 0.6) is 0 Å². The summed E-state index contributed by atoms with van der Waals surface area (Å²) in [5, 5.41) is 0. The van der Waals surface area contributed by atoms with E-state index < -0.39 is 18.6 Å². The van der Waals surface area contributed by atoms with Crippen molar-refractivity contribution in [3.63, 3.8) is 0 Å². The Hall–Kier alpha value is -1.36. The molecule has 1 nitrogen and oxygen atoms in total. The van der Waals surface area contributed by atoms with E-state index in [4.69, 9.17) is 0 Å². The maximum absolute atomic E-state index is 14.1. The molecular weight excluding hydrogens is 344 g/mol. The molecule has 5 heteroatoms. The Morgan fingerprint density at radius 3 is 1.92 bits per heavy atom. The average Bonchev–Trinajstić information content (AvgIpc) is 2.63. The topological polar surface area (TPSA) is 9.23 Å². The largest absolute Gasteiger partial charge is 0.522 e. The summed E-state index contributed by atoms with van der Waals surface area (Å²) in [7, 11) is 0. The van der Waals surface area contributed by atoms with Gasteiger partial charge in [0.15, 0.2) is 0 Å². The lowest BCUT2D eigenvalue weighted by Gasteiger charge is -2.32. The number of rotatable bonds is 4. The van der Waals surface area contributed by atoms with Gasteiger partial charge in [0.05, 0.1) is 6.10 Å². The second-order valence-electron chi connectivity index (χ2n) is 7.64. The van der Waals surface area contributed by atoms with E-state index in [1.807, 2.05) is 18.2 Å². The molecule has 0 bridgehead atoms. The third-order valence-corrected chi connectivity index (χ3v) is 5.98. The second-order valence-corrected chi connectivity index (χ2v) is 7.64. The van der Waals surface area contributed by atoms with Gasteiger partial charge in [-0.15, -0.1) is 19.8 Å². The maximum Gasteiger partial charge on any atom is 0.522 e. The zero-order valence-electron chi connectivity index (χ0n) is 14.9. The molecule has 0 aliphatic heterocycles. The molecule has 26 heavy (non-hydrogen) atoms. The van der Waals surface area contributed by atoms with Gasteiger partial charge >= 0.3 is 6.36 Å². The molecule has 1 aromatic carbocycles. The van der Waals surface area contributed by atoms with Crippen molar-refractivity contribution in [2.24, 2.45) is 5.92 Å². The highest BCUT2D eigenvalue weighted by Gasteiger charge is 2.40. The highest BCUT2D eigenvalue weighted by atomic mass is 19.4. The van der Waals surface area contributed by atoms with Crippen molar-refractivity contribution in [3.05, 3.63) is 48.0 Å². The first kappa shape index (κ1) is 19.4. The number of alkyl halides is 4. The molecule has 1 aromatic rings. The van der Waals surface area contributed by atoms with E-state index in [1.165, 1.54) is 18.4 Å². The van der Waals surface area contributed by atoms with Gasteiger partial charge in [-0.2, -0.15) is 0 Å². The number of hydrogen-bond acceptors (Lipinski definition) is 1. The second kappa shape index (κ2) is 8.12. The van der Waals surface area contributed by atoms with Crippen LogP contribution in [0.1, 0.15) is 67.9 Å². The van der Waals surface area contributed by atoms with Gasteiger partial charge in [0.25, 0.3) is 0 Å². The fraction of sp³-hybridized carbons (Fsp3) is 0.619. The van der Waals surface area contributed by atoms with Crippen LogP contribution in [0.15, 0.2) is 36.9 Å². The number of hydrogen-bond donors (Lipinski definition) is 0. The van der Waals surface area contributed by atoms with Gasteiger partial charge in [0.2, 0.25) is 0 Å². The lowest BCUT2D eigenvalue weighted by molar-refractivity contribution is -0.351. The van der Waals surface area contributed by atoms with E-state index in [0.29, 0.717) is 18.3 Å².